The van der Waals surface area contributed by atoms with Gasteiger partial charge in [0.1, 0.15) is 0 Å². The van der Waals surface area contributed by atoms with Gasteiger partial charge in [-0.2, -0.15) is 0 Å². The van der Waals surface area contributed by atoms with Crippen molar-refractivity contribution >= 4 is 5.91 Å². The molecule has 33 heavy (non-hydrogen) atoms. The number of aromatic nitrogens is 1. The van der Waals surface area contributed by atoms with Crippen LogP contribution in [0, 0.1) is 0 Å². The lowest BCUT2D eigenvalue weighted by molar-refractivity contribution is 0.0890. The molecule has 1 saturated carbocycles. The summed E-state index contributed by atoms with van der Waals surface area (Å²) < 4.78 is 5.45. The Balaban J connectivity index is 1.17. The van der Waals surface area contributed by atoms with Crippen LogP contribution < -0.4 is 5.32 Å². The molecule has 1 atom stereocenters. The fraction of sp³-hybridized carbons (Fsp3) is 0.429. The Kier molecular flexibility index (Phi) is 6.87. The highest BCUT2D eigenvalue weighted by molar-refractivity contribution is 5.91. The van der Waals surface area contributed by atoms with Gasteiger partial charge in [-0.15, -0.1) is 0 Å². The first-order chi connectivity index (χ1) is 16.2. The fourth-order valence-electron chi connectivity index (χ4n) is 5.22. The highest BCUT2D eigenvalue weighted by Crippen LogP contribution is 2.28. The predicted octanol–water partition coefficient (Wildman–Crippen LogP) is 5.78. The third-order valence-corrected chi connectivity index (χ3v) is 7.08. The van der Waals surface area contributed by atoms with E-state index < -0.39 is 0 Å². The summed E-state index contributed by atoms with van der Waals surface area (Å²) in [4.78, 5) is 15.1. The minimum Gasteiger partial charge on any atom is -0.351 e. The monoisotopic (exact) mass is 443 g/mol. The molecule has 172 valence electrons. The lowest BCUT2D eigenvalue weighted by atomic mass is 9.94. The Morgan fingerprint density at radius 2 is 1.70 bits per heavy atom. The first kappa shape index (κ1) is 21.9. The van der Waals surface area contributed by atoms with Gasteiger partial charge in [0.25, 0.3) is 5.91 Å². The lowest BCUT2D eigenvalue weighted by Gasteiger charge is -2.31. The summed E-state index contributed by atoms with van der Waals surface area (Å²) in [7, 11) is 0. The number of carbonyl (C=O) groups is 1. The predicted molar refractivity (Wildman–Crippen MR) is 130 cm³/mol. The molecule has 1 aliphatic carbocycles. The van der Waals surface area contributed by atoms with Crippen molar-refractivity contribution in [1.29, 1.82) is 0 Å². The van der Waals surface area contributed by atoms with Crippen LogP contribution in [0.25, 0.3) is 11.1 Å². The van der Waals surface area contributed by atoms with Gasteiger partial charge in [0.05, 0.1) is 5.69 Å². The van der Waals surface area contributed by atoms with Crippen molar-refractivity contribution in [3.8, 4) is 11.1 Å². The molecule has 0 unspecified atom stereocenters. The quantitative estimate of drug-likeness (QED) is 0.524. The van der Waals surface area contributed by atoms with E-state index in [1.54, 1.807) is 0 Å². The molecule has 0 bridgehead atoms. The van der Waals surface area contributed by atoms with Crippen LogP contribution in [0.4, 0.5) is 0 Å². The molecule has 1 aliphatic heterocycles. The number of nitrogens with zero attached hydrogens (tertiary/aromatic N) is 2. The number of benzene rings is 2. The van der Waals surface area contributed by atoms with Gasteiger partial charge in [-0.25, -0.2) is 0 Å². The van der Waals surface area contributed by atoms with E-state index in [2.05, 4.69) is 63.9 Å². The topological polar surface area (TPSA) is 58.4 Å². The highest BCUT2D eigenvalue weighted by atomic mass is 16.5. The van der Waals surface area contributed by atoms with E-state index in [0.717, 1.165) is 51.0 Å². The van der Waals surface area contributed by atoms with Crippen molar-refractivity contribution in [3.05, 3.63) is 77.7 Å². The van der Waals surface area contributed by atoms with E-state index in [0.29, 0.717) is 11.7 Å². The van der Waals surface area contributed by atoms with Crippen molar-refractivity contribution in [2.75, 3.05) is 13.1 Å². The van der Waals surface area contributed by atoms with E-state index >= 15 is 0 Å². The molecule has 2 heterocycles. The van der Waals surface area contributed by atoms with Crippen LogP contribution in [0.15, 0.2) is 65.2 Å². The molecule has 3 aromatic rings. The summed E-state index contributed by atoms with van der Waals surface area (Å²) in [6.45, 7) is 2.96. The van der Waals surface area contributed by atoms with E-state index in [4.69, 9.17) is 4.52 Å². The zero-order valence-corrected chi connectivity index (χ0v) is 19.2. The molecule has 1 saturated heterocycles. The molecule has 1 aromatic heterocycles. The van der Waals surface area contributed by atoms with Crippen molar-refractivity contribution in [2.45, 2.75) is 63.5 Å². The standard InChI is InChI=1S/C28H33N3O2/c32-28(29-25-11-5-2-6-12-25)27-18-26(30-33-27)24-10-7-17-31(20-24)19-21-13-15-23(16-14-21)22-8-3-1-4-9-22/h1,3-4,8-9,13-16,18,24-25H,2,5-7,10-12,17,19-20H2,(H,29,32)/t24-/m1/s1. The van der Waals surface area contributed by atoms with Crippen LogP contribution in [0.1, 0.15) is 72.7 Å². The molecule has 5 heteroatoms. The molecular formula is C28H33N3O2. The van der Waals surface area contributed by atoms with Gasteiger partial charge in [0.15, 0.2) is 0 Å². The van der Waals surface area contributed by atoms with Crippen LogP contribution in [0.5, 0.6) is 0 Å². The normalized spacial score (nSPS) is 19.9. The maximum Gasteiger partial charge on any atom is 0.290 e. The maximum absolute atomic E-state index is 12.6. The summed E-state index contributed by atoms with van der Waals surface area (Å²) >= 11 is 0. The number of nitrogens with one attached hydrogen (secondary N) is 1. The number of hydrogen-bond acceptors (Lipinski definition) is 4. The molecule has 1 N–H and O–H groups in total. The molecule has 5 rings (SSSR count). The highest BCUT2D eigenvalue weighted by Gasteiger charge is 2.26. The molecule has 2 aromatic carbocycles. The van der Waals surface area contributed by atoms with E-state index in [1.165, 1.54) is 36.0 Å². The molecule has 0 spiro atoms. The van der Waals surface area contributed by atoms with Crippen molar-refractivity contribution in [2.24, 2.45) is 0 Å². The summed E-state index contributed by atoms with van der Waals surface area (Å²) in [6, 6.07) is 21.5. The summed E-state index contributed by atoms with van der Waals surface area (Å²) in [5.74, 6) is 0.540. The maximum atomic E-state index is 12.6. The average Bonchev–Trinajstić information content (AvgIpc) is 3.37. The first-order valence-electron chi connectivity index (χ1n) is 12.4. The Bertz CT molecular complexity index is 1040. The molecule has 2 aliphatic rings. The summed E-state index contributed by atoms with van der Waals surface area (Å²) in [5.41, 5.74) is 4.73. The lowest BCUT2D eigenvalue weighted by Crippen LogP contribution is -2.36. The van der Waals surface area contributed by atoms with Crippen LogP contribution >= 0.6 is 0 Å². The van der Waals surface area contributed by atoms with Crippen LogP contribution in [0.3, 0.4) is 0 Å². The number of piperidine rings is 1. The fourth-order valence-corrected chi connectivity index (χ4v) is 5.22. The summed E-state index contributed by atoms with van der Waals surface area (Å²) in [5, 5.41) is 7.40. The SMILES string of the molecule is O=C(NC1CCCCC1)c1cc([C@@H]2CCCN(Cc3ccc(-c4ccccc4)cc3)C2)no1. The van der Waals surface area contributed by atoms with Crippen molar-refractivity contribution < 1.29 is 9.32 Å². The number of carbonyl (C=O) groups excluding carboxylic acids is 1. The Morgan fingerprint density at radius 1 is 0.939 bits per heavy atom. The van der Waals surface area contributed by atoms with Gasteiger partial charge in [-0.3, -0.25) is 9.69 Å². The van der Waals surface area contributed by atoms with Gasteiger partial charge < -0.3 is 9.84 Å². The minimum absolute atomic E-state index is 0.119. The van der Waals surface area contributed by atoms with E-state index in [-0.39, 0.29) is 11.9 Å². The first-order valence-corrected chi connectivity index (χ1v) is 12.4. The Labute approximate surface area is 196 Å². The molecule has 5 nitrogen and oxygen atoms in total. The van der Waals surface area contributed by atoms with Gasteiger partial charge in [-0.1, -0.05) is 79.0 Å². The smallest absolute Gasteiger partial charge is 0.290 e. The molecule has 2 fully saturated rings. The van der Waals surface area contributed by atoms with Gasteiger partial charge >= 0.3 is 0 Å². The minimum atomic E-state index is -0.119. The zero-order valence-electron chi connectivity index (χ0n) is 19.2. The third kappa shape index (κ3) is 5.53. The van der Waals surface area contributed by atoms with Gasteiger partial charge in [0.2, 0.25) is 5.76 Å². The number of rotatable bonds is 6. The molecular weight excluding hydrogens is 410 g/mol. The third-order valence-electron chi connectivity index (χ3n) is 7.08. The average molecular weight is 444 g/mol. The van der Waals surface area contributed by atoms with E-state index in [9.17, 15) is 4.79 Å². The van der Waals surface area contributed by atoms with Crippen LogP contribution in [0.2, 0.25) is 0 Å². The van der Waals surface area contributed by atoms with Crippen LogP contribution in [-0.4, -0.2) is 35.1 Å². The van der Waals surface area contributed by atoms with Gasteiger partial charge in [-0.05, 0) is 48.9 Å². The number of hydrogen-bond donors (Lipinski definition) is 1. The second-order valence-corrected chi connectivity index (χ2v) is 9.56. The summed E-state index contributed by atoms with van der Waals surface area (Å²) in [6.07, 6.45) is 8.00. The second-order valence-electron chi connectivity index (χ2n) is 9.56. The van der Waals surface area contributed by atoms with Crippen molar-refractivity contribution in [1.82, 2.24) is 15.4 Å². The second kappa shape index (κ2) is 10.3. The van der Waals surface area contributed by atoms with Crippen molar-refractivity contribution in [3.63, 3.8) is 0 Å². The largest absolute Gasteiger partial charge is 0.351 e. The Morgan fingerprint density at radius 3 is 2.48 bits per heavy atom. The Hall–Kier alpha value is -2.92. The molecule has 1 amide bonds. The van der Waals surface area contributed by atoms with Crippen LogP contribution in [-0.2, 0) is 6.54 Å². The molecule has 0 radical (unpaired) electrons. The number of amides is 1. The van der Waals surface area contributed by atoms with E-state index in [1.807, 2.05) is 12.1 Å². The number of likely N-dealkylation sites (tertiary alicyclic amines) is 1. The van der Waals surface area contributed by atoms with Gasteiger partial charge in [0, 0.05) is 31.1 Å². The zero-order chi connectivity index (χ0) is 22.5.